The molecule has 2 heterocycles. The molecule has 0 radical (unpaired) electrons. The lowest BCUT2D eigenvalue weighted by Gasteiger charge is -2.39. The lowest BCUT2D eigenvalue weighted by molar-refractivity contribution is -0.0356. The smallest absolute Gasteiger partial charge is 0.109 e. The van der Waals surface area contributed by atoms with E-state index >= 15 is 0 Å². The summed E-state index contributed by atoms with van der Waals surface area (Å²) < 4.78 is 0. The molecule has 0 amide bonds. The van der Waals surface area contributed by atoms with Gasteiger partial charge >= 0.3 is 0 Å². The molecule has 3 nitrogen and oxygen atoms in total. The number of hydrogen-bond acceptors (Lipinski definition) is 3. The summed E-state index contributed by atoms with van der Waals surface area (Å²) in [6.07, 6.45) is 3.39. The maximum Gasteiger partial charge on any atom is 0.109 e. The Morgan fingerprint density at radius 1 is 1.29 bits per heavy atom. The zero-order valence-electron chi connectivity index (χ0n) is 11.0. The van der Waals surface area contributed by atoms with Crippen LogP contribution in [-0.2, 0) is 5.60 Å². The van der Waals surface area contributed by atoms with Gasteiger partial charge in [-0.3, -0.25) is 4.98 Å². The van der Waals surface area contributed by atoms with E-state index in [9.17, 15) is 5.11 Å². The maximum atomic E-state index is 10.6. The quantitative estimate of drug-likeness (QED) is 0.851. The van der Waals surface area contributed by atoms with Gasteiger partial charge in [-0.15, -0.1) is 0 Å². The predicted molar refractivity (Wildman–Crippen MR) is 68.8 cm³/mol. The minimum atomic E-state index is -0.723. The first-order valence-corrected chi connectivity index (χ1v) is 6.41. The molecule has 1 fully saturated rings. The Balaban J connectivity index is 2.09. The molecule has 1 aromatic heterocycles. The van der Waals surface area contributed by atoms with Gasteiger partial charge in [0.2, 0.25) is 0 Å². The highest BCUT2D eigenvalue weighted by molar-refractivity contribution is 5.18. The average molecular weight is 234 g/mol. The second-order valence-electron chi connectivity index (χ2n) is 5.38. The zero-order chi connectivity index (χ0) is 12.5. The third-order valence-corrected chi connectivity index (χ3v) is 3.74. The molecular formula is C14H22N2O. The van der Waals surface area contributed by atoms with Gasteiger partial charge in [0.05, 0.1) is 5.69 Å². The van der Waals surface area contributed by atoms with Crippen molar-refractivity contribution in [3.63, 3.8) is 0 Å². The Bertz CT molecular complexity index is 364. The molecule has 1 aromatic rings. The van der Waals surface area contributed by atoms with Crippen LogP contribution >= 0.6 is 0 Å². The van der Waals surface area contributed by atoms with Crippen LogP contribution < -0.4 is 0 Å². The van der Waals surface area contributed by atoms with Crippen LogP contribution in [0.25, 0.3) is 0 Å². The number of nitrogens with zero attached hydrogens (tertiary/aromatic N) is 2. The van der Waals surface area contributed by atoms with Gasteiger partial charge in [-0.25, -0.2) is 0 Å². The van der Waals surface area contributed by atoms with E-state index in [4.69, 9.17) is 0 Å². The number of pyridine rings is 1. The second-order valence-corrected chi connectivity index (χ2v) is 5.38. The van der Waals surface area contributed by atoms with Gasteiger partial charge in [0.1, 0.15) is 5.60 Å². The number of rotatable bonds is 2. The van der Waals surface area contributed by atoms with Crippen LogP contribution in [0, 0.1) is 6.92 Å². The Labute approximate surface area is 103 Å². The monoisotopic (exact) mass is 234 g/mol. The van der Waals surface area contributed by atoms with Crippen molar-refractivity contribution in [2.45, 2.75) is 45.3 Å². The van der Waals surface area contributed by atoms with Crippen molar-refractivity contribution in [1.29, 1.82) is 0 Å². The largest absolute Gasteiger partial charge is 0.383 e. The van der Waals surface area contributed by atoms with Gasteiger partial charge in [-0.2, -0.15) is 0 Å². The fraction of sp³-hybridized carbons (Fsp3) is 0.643. The standard InChI is InChI=1S/C14H22N2O/c1-11(2)16-8-6-14(17,7-9-16)13-5-4-12(3)10-15-13/h4-5,10-11,17H,6-9H2,1-3H3. The molecule has 94 valence electrons. The third-order valence-electron chi connectivity index (χ3n) is 3.74. The summed E-state index contributed by atoms with van der Waals surface area (Å²) in [5.74, 6) is 0. The van der Waals surface area contributed by atoms with Crippen LogP contribution in [0.5, 0.6) is 0 Å². The zero-order valence-corrected chi connectivity index (χ0v) is 11.0. The van der Waals surface area contributed by atoms with Crippen molar-refractivity contribution in [1.82, 2.24) is 9.88 Å². The van der Waals surface area contributed by atoms with Gasteiger partial charge in [0, 0.05) is 25.3 Å². The van der Waals surface area contributed by atoms with E-state index in [0.29, 0.717) is 6.04 Å². The first-order valence-electron chi connectivity index (χ1n) is 6.41. The molecule has 1 aliphatic heterocycles. The van der Waals surface area contributed by atoms with E-state index in [-0.39, 0.29) is 0 Å². The SMILES string of the molecule is Cc1ccc(C2(O)CCN(C(C)C)CC2)nc1. The van der Waals surface area contributed by atoms with Crippen LogP contribution in [0.3, 0.4) is 0 Å². The Morgan fingerprint density at radius 3 is 2.41 bits per heavy atom. The molecule has 1 aliphatic rings. The molecule has 0 aromatic carbocycles. The number of piperidine rings is 1. The van der Waals surface area contributed by atoms with Crippen molar-refractivity contribution in [3.05, 3.63) is 29.6 Å². The highest BCUT2D eigenvalue weighted by atomic mass is 16.3. The van der Waals surface area contributed by atoms with Gasteiger partial charge in [-0.05, 0) is 45.2 Å². The summed E-state index contributed by atoms with van der Waals surface area (Å²) in [5, 5.41) is 10.6. The van der Waals surface area contributed by atoms with E-state index in [1.54, 1.807) is 0 Å². The van der Waals surface area contributed by atoms with Crippen LogP contribution in [0.15, 0.2) is 18.3 Å². The number of aromatic nitrogens is 1. The molecule has 1 N–H and O–H groups in total. The Morgan fingerprint density at radius 2 is 1.94 bits per heavy atom. The molecule has 17 heavy (non-hydrogen) atoms. The van der Waals surface area contributed by atoms with Crippen LogP contribution in [0.1, 0.15) is 37.9 Å². The van der Waals surface area contributed by atoms with Crippen molar-refractivity contribution in [2.75, 3.05) is 13.1 Å². The van der Waals surface area contributed by atoms with Crippen LogP contribution in [-0.4, -0.2) is 34.1 Å². The van der Waals surface area contributed by atoms with Crippen molar-refractivity contribution < 1.29 is 5.11 Å². The normalized spacial score (nSPS) is 20.8. The minimum absolute atomic E-state index is 0.561. The van der Waals surface area contributed by atoms with Crippen LogP contribution in [0.4, 0.5) is 0 Å². The number of aryl methyl sites for hydroxylation is 1. The summed E-state index contributed by atoms with van der Waals surface area (Å²) >= 11 is 0. The summed E-state index contributed by atoms with van der Waals surface area (Å²) in [6.45, 7) is 8.32. The lowest BCUT2D eigenvalue weighted by Crippen LogP contribution is -2.45. The fourth-order valence-electron chi connectivity index (χ4n) is 2.41. The van der Waals surface area contributed by atoms with Crippen molar-refractivity contribution >= 4 is 0 Å². The average Bonchev–Trinajstić information content (AvgIpc) is 2.30. The highest BCUT2D eigenvalue weighted by Crippen LogP contribution is 2.32. The molecule has 0 bridgehead atoms. The van der Waals surface area contributed by atoms with Gasteiger partial charge < -0.3 is 10.0 Å². The molecular weight excluding hydrogens is 212 g/mol. The third kappa shape index (κ3) is 2.67. The first-order chi connectivity index (χ1) is 8.01. The summed E-state index contributed by atoms with van der Waals surface area (Å²) in [7, 11) is 0. The number of likely N-dealkylation sites (tertiary alicyclic amines) is 1. The van der Waals surface area contributed by atoms with Gasteiger partial charge in [0.15, 0.2) is 0 Å². The van der Waals surface area contributed by atoms with Crippen LogP contribution in [0.2, 0.25) is 0 Å². The van der Waals surface area contributed by atoms with E-state index < -0.39 is 5.60 Å². The maximum absolute atomic E-state index is 10.6. The molecule has 1 saturated heterocycles. The molecule has 0 unspecified atom stereocenters. The van der Waals surface area contributed by atoms with E-state index in [1.165, 1.54) is 0 Å². The summed E-state index contributed by atoms with van der Waals surface area (Å²) in [6, 6.07) is 4.54. The van der Waals surface area contributed by atoms with E-state index in [2.05, 4.69) is 23.7 Å². The molecule has 0 spiro atoms. The summed E-state index contributed by atoms with van der Waals surface area (Å²) in [4.78, 5) is 6.78. The second kappa shape index (κ2) is 4.75. The number of aliphatic hydroxyl groups is 1. The van der Waals surface area contributed by atoms with E-state index in [0.717, 1.165) is 37.2 Å². The Kier molecular flexibility index (Phi) is 3.50. The van der Waals surface area contributed by atoms with Gasteiger partial charge in [0.25, 0.3) is 0 Å². The van der Waals surface area contributed by atoms with Gasteiger partial charge in [-0.1, -0.05) is 6.07 Å². The van der Waals surface area contributed by atoms with Crippen molar-refractivity contribution in [3.8, 4) is 0 Å². The molecule has 2 rings (SSSR count). The molecule has 0 atom stereocenters. The molecule has 0 aliphatic carbocycles. The number of hydrogen-bond donors (Lipinski definition) is 1. The molecule has 3 heteroatoms. The highest BCUT2D eigenvalue weighted by Gasteiger charge is 2.35. The fourth-order valence-corrected chi connectivity index (χ4v) is 2.41. The topological polar surface area (TPSA) is 36.4 Å². The molecule has 0 saturated carbocycles. The van der Waals surface area contributed by atoms with Crippen molar-refractivity contribution in [2.24, 2.45) is 0 Å². The first kappa shape index (κ1) is 12.5. The summed E-state index contributed by atoms with van der Waals surface area (Å²) in [5.41, 5.74) is 1.24. The lowest BCUT2D eigenvalue weighted by atomic mass is 9.87. The predicted octanol–water partition coefficient (Wildman–Crippen LogP) is 2.08. The minimum Gasteiger partial charge on any atom is -0.383 e. The van der Waals surface area contributed by atoms with E-state index in [1.807, 2.05) is 25.3 Å². The Hall–Kier alpha value is -0.930.